The molecule has 5 heteroatoms. The Bertz CT molecular complexity index is 675. The summed E-state index contributed by atoms with van der Waals surface area (Å²) in [5.74, 6) is 0. The Kier molecular flexibility index (Phi) is 5.89. The van der Waals surface area contributed by atoms with Crippen molar-refractivity contribution in [3.05, 3.63) is 68.6 Å². The van der Waals surface area contributed by atoms with E-state index in [2.05, 4.69) is 42.1 Å². The molecule has 0 spiro atoms. The van der Waals surface area contributed by atoms with E-state index >= 15 is 0 Å². The number of ether oxygens (including phenoxy) is 1. The summed E-state index contributed by atoms with van der Waals surface area (Å²) in [7, 11) is 1.64. The Hall–Kier alpha value is -1.04. The molecule has 2 rings (SSSR count). The van der Waals surface area contributed by atoms with Gasteiger partial charge in [-0.25, -0.2) is 0 Å². The summed E-state index contributed by atoms with van der Waals surface area (Å²) in [6.45, 7) is 3.92. The van der Waals surface area contributed by atoms with E-state index in [0.29, 0.717) is 0 Å². The van der Waals surface area contributed by atoms with Crippen molar-refractivity contribution in [2.75, 3.05) is 7.11 Å². The maximum Gasteiger partial charge on any atom is 0.201 e. The predicted octanol–water partition coefficient (Wildman–Crippen LogP) is 6.24. The summed E-state index contributed by atoms with van der Waals surface area (Å²) >= 11 is 6.95. The standard InChI is InChI=1S/C17H18Br2N2O/c1-12(13-6-4-8-15(18)10-13)20-21-17(2,22-3)14-7-5-9-16(19)11-14/h4-12H,1-3H3. The van der Waals surface area contributed by atoms with E-state index < -0.39 is 5.72 Å². The fraction of sp³-hybridized carbons (Fsp3) is 0.294. The molecule has 0 bridgehead atoms. The van der Waals surface area contributed by atoms with Crippen molar-refractivity contribution in [2.45, 2.75) is 25.6 Å². The number of nitrogens with zero attached hydrogens (tertiary/aromatic N) is 2. The molecule has 0 fully saturated rings. The lowest BCUT2D eigenvalue weighted by Crippen LogP contribution is -2.21. The Morgan fingerprint density at radius 3 is 2.27 bits per heavy atom. The third-order valence-electron chi connectivity index (χ3n) is 3.51. The molecular weight excluding hydrogens is 408 g/mol. The minimum atomic E-state index is -0.802. The van der Waals surface area contributed by atoms with Gasteiger partial charge >= 0.3 is 0 Å². The number of benzene rings is 2. The van der Waals surface area contributed by atoms with E-state index in [-0.39, 0.29) is 6.04 Å². The number of hydrogen-bond donors (Lipinski definition) is 0. The molecule has 3 nitrogen and oxygen atoms in total. The molecule has 0 saturated carbocycles. The van der Waals surface area contributed by atoms with Crippen molar-refractivity contribution in [1.82, 2.24) is 0 Å². The number of azo groups is 1. The molecule has 0 aliphatic rings. The van der Waals surface area contributed by atoms with Gasteiger partial charge in [-0.1, -0.05) is 56.1 Å². The van der Waals surface area contributed by atoms with Crippen LogP contribution in [0.2, 0.25) is 0 Å². The topological polar surface area (TPSA) is 34.0 Å². The van der Waals surface area contributed by atoms with Gasteiger partial charge in [-0.3, -0.25) is 0 Å². The third kappa shape index (κ3) is 4.24. The van der Waals surface area contributed by atoms with E-state index in [1.54, 1.807) is 7.11 Å². The summed E-state index contributed by atoms with van der Waals surface area (Å²) in [4.78, 5) is 0. The Balaban J connectivity index is 2.25. The van der Waals surface area contributed by atoms with Crippen molar-refractivity contribution in [3.63, 3.8) is 0 Å². The molecule has 0 saturated heterocycles. The van der Waals surface area contributed by atoms with Crippen LogP contribution in [-0.2, 0) is 10.5 Å². The van der Waals surface area contributed by atoms with E-state index in [1.807, 2.05) is 62.4 Å². The van der Waals surface area contributed by atoms with Gasteiger partial charge in [-0.2, -0.15) is 10.2 Å². The maximum absolute atomic E-state index is 5.60. The summed E-state index contributed by atoms with van der Waals surface area (Å²) in [5, 5.41) is 8.91. The highest BCUT2D eigenvalue weighted by atomic mass is 79.9. The first-order valence-corrected chi connectivity index (χ1v) is 8.52. The van der Waals surface area contributed by atoms with Crippen LogP contribution >= 0.6 is 31.9 Å². The van der Waals surface area contributed by atoms with E-state index in [9.17, 15) is 0 Å². The molecule has 0 heterocycles. The SMILES string of the molecule is COC(C)(N=NC(C)c1cccc(Br)c1)c1cccc(Br)c1. The van der Waals surface area contributed by atoms with E-state index in [4.69, 9.17) is 4.74 Å². The first kappa shape index (κ1) is 17.3. The van der Waals surface area contributed by atoms with Crippen molar-refractivity contribution < 1.29 is 4.74 Å². The molecule has 0 aliphatic carbocycles. The van der Waals surface area contributed by atoms with Crippen molar-refractivity contribution >= 4 is 31.9 Å². The summed E-state index contributed by atoms with van der Waals surface area (Å²) in [6.07, 6.45) is 0. The highest BCUT2D eigenvalue weighted by Gasteiger charge is 2.26. The molecule has 2 atom stereocenters. The molecule has 22 heavy (non-hydrogen) atoms. The highest BCUT2D eigenvalue weighted by Crippen LogP contribution is 2.30. The monoisotopic (exact) mass is 424 g/mol. The van der Waals surface area contributed by atoms with Gasteiger partial charge in [0.2, 0.25) is 5.72 Å². The van der Waals surface area contributed by atoms with Crippen LogP contribution in [0.4, 0.5) is 0 Å². The second-order valence-electron chi connectivity index (χ2n) is 5.14. The first-order valence-electron chi connectivity index (χ1n) is 6.93. The molecule has 2 unspecified atom stereocenters. The van der Waals surface area contributed by atoms with Crippen molar-refractivity contribution in [3.8, 4) is 0 Å². The van der Waals surface area contributed by atoms with Gasteiger partial charge in [0.15, 0.2) is 0 Å². The molecule has 0 amide bonds. The fourth-order valence-corrected chi connectivity index (χ4v) is 2.84. The molecule has 0 aliphatic heterocycles. The molecular formula is C17H18Br2N2O. The van der Waals surface area contributed by atoms with E-state index in [0.717, 1.165) is 20.1 Å². The minimum absolute atomic E-state index is 0.0425. The zero-order valence-electron chi connectivity index (χ0n) is 12.8. The zero-order valence-corrected chi connectivity index (χ0v) is 15.9. The van der Waals surface area contributed by atoms with Gasteiger partial charge in [0.25, 0.3) is 0 Å². The lowest BCUT2D eigenvalue weighted by atomic mass is 10.1. The Morgan fingerprint density at radius 2 is 1.68 bits per heavy atom. The lowest BCUT2D eigenvalue weighted by molar-refractivity contribution is 0.00213. The van der Waals surface area contributed by atoms with Gasteiger partial charge in [0.05, 0.1) is 6.04 Å². The second kappa shape index (κ2) is 7.49. The third-order valence-corrected chi connectivity index (χ3v) is 4.50. The van der Waals surface area contributed by atoms with Crippen LogP contribution < -0.4 is 0 Å². The number of hydrogen-bond acceptors (Lipinski definition) is 3. The smallest absolute Gasteiger partial charge is 0.201 e. The zero-order chi connectivity index (χ0) is 16.2. The minimum Gasteiger partial charge on any atom is -0.352 e. The van der Waals surface area contributed by atoms with Crippen LogP contribution in [0.5, 0.6) is 0 Å². The van der Waals surface area contributed by atoms with Crippen LogP contribution in [0.1, 0.15) is 31.0 Å². The predicted molar refractivity (Wildman–Crippen MR) is 95.9 cm³/mol. The Labute approximate surface area is 148 Å². The van der Waals surface area contributed by atoms with Crippen molar-refractivity contribution in [2.24, 2.45) is 10.2 Å². The maximum atomic E-state index is 5.60. The van der Waals surface area contributed by atoms with Crippen LogP contribution in [0.25, 0.3) is 0 Å². The first-order chi connectivity index (χ1) is 10.4. The quantitative estimate of drug-likeness (QED) is 0.521. The molecule has 0 N–H and O–H groups in total. The molecule has 2 aromatic rings. The van der Waals surface area contributed by atoms with Crippen molar-refractivity contribution in [1.29, 1.82) is 0 Å². The summed E-state index contributed by atoms with van der Waals surface area (Å²) in [6, 6.07) is 15.9. The number of methoxy groups -OCH3 is 1. The average molecular weight is 426 g/mol. The average Bonchev–Trinajstić information content (AvgIpc) is 2.52. The van der Waals surface area contributed by atoms with E-state index in [1.165, 1.54) is 0 Å². The second-order valence-corrected chi connectivity index (χ2v) is 6.98. The normalized spacial score (nSPS) is 15.7. The van der Waals surface area contributed by atoms with Crippen LogP contribution in [0, 0.1) is 0 Å². The Morgan fingerprint density at radius 1 is 1.05 bits per heavy atom. The van der Waals surface area contributed by atoms with Gasteiger partial charge in [-0.05, 0) is 43.7 Å². The molecule has 116 valence electrons. The van der Waals surface area contributed by atoms with Crippen LogP contribution in [-0.4, -0.2) is 7.11 Å². The lowest BCUT2D eigenvalue weighted by Gasteiger charge is -2.23. The van der Waals surface area contributed by atoms with Gasteiger partial charge in [0, 0.05) is 21.6 Å². The molecule has 0 aromatic heterocycles. The number of halogens is 2. The van der Waals surface area contributed by atoms with Crippen LogP contribution in [0.3, 0.4) is 0 Å². The largest absolute Gasteiger partial charge is 0.352 e. The van der Waals surface area contributed by atoms with Gasteiger partial charge in [0.1, 0.15) is 0 Å². The number of rotatable bonds is 5. The molecule has 2 aromatic carbocycles. The molecule has 0 radical (unpaired) electrons. The van der Waals surface area contributed by atoms with Gasteiger partial charge in [-0.15, -0.1) is 0 Å². The summed E-state index contributed by atoms with van der Waals surface area (Å²) in [5.41, 5.74) is 1.25. The highest BCUT2D eigenvalue weighted by molar-refractivity contribution is 9.10. The van der Waals surface area contributed by atoms with Crippen LogP contribution in [0.15, 0.2) is 67.7 Å². The summed E-state index contributed by atoms with van der Waals surface area (Å²) < 4.78 is 7.62. The van der Waals surface area contributed by atoms with Gasteiger partial charge < -0.3 is 4.74 Å². The fourth-order valence-electron chi connectivity index (χ4n) is 2.02.